The molecule has 0 amide bonds. The molecule has 0 atom stereocenters. The molecule has 0 fully saturated rings. The van der Waals surface area contributed by atoms with Crippen LogP contribution in [0.5, 0.6) is 0 Å². The van der Waals surface area contributed by atoms with Crippen LogP contribution >= 0.6 is 11.6 Å². The van der Waals surface area contributed by atoms with Crippen molar-refractivity contribution in [3.8, 4) is 5.69 Å². The number of nitrogens with zero attached hydrogens (tertiary/aromatic N) is 2. The van der Waals surface area contributed by atoms with E-state index in [9.17, 15) is 4.79 Å². The van der Waals surface area contributed by atoms with Crippen LogP contribution in [0.4, 0.5) is 5.69 Å². The molecule has 0 aliphatic carbocycles. The van der Waals surface area contributed by atoms with Crippen LogP contribution in [0.25, 0.3) is 5.69 Å². The Morgan fingerprint density at radius 3 is 2.75 bits per heavy atom. The molecule has 0 bridgehead atoms. The molecule has 0 unspecified atom stereocenters. The van der Waals surface area contributed by atoms with Gasteiger partial charge < -0.3 is 10.8 Å². The van der Waals surface area contributed by atoms with E-state index in [0.717, 1.165) is 0 Å². The number of aromatic nitrogens is 2. The molecule has 2 aromatic rings. The summed E-state index contributed by atoms with van der Waals surface area (Å²) in [5.41, 5.74) is 6.80. The molecular formula is C10H8ClN3O2. The number of nitrogen functional groups attached to an aromatic ring is 1. The highest BCUT2D eigenvalue weighted by molar-refractivity contribution is 6.30. The maximum atomic E-state index is 10.7. The Morgan fingerprint density at radius 1 is 1.50 bits per heavy atom. The van der Waals surface area contributed by atoms with E-state index in [1.165, 1.54) is 23.0 Å². The van der Waals surface area contributed by atoms with Crippen molar-refractivity contribution in [3.63, 3.8) is 0 Å². The fourth-order valence-electron chi connectivity index (χ4n) is 1.33. The predicted octanol–water partition coefficient (Wildman–Crippen LogP) is 1.81. The first kappa shape index (κ1) is 10.5. The second kappa shape index (κ2) is 3.86. The zero-order valence-electron chi connectivity index (χ0n) is 8.09. The largest absolute Gasteiger partial charge is 0.478 e. The van der Waals surface area contributed by atoms with E-state index < -0.39 is 5.97 Å². The van der Waals surface area contributed by atoms with Crippen molar-refractivity contribution in [3.05, 3.63) is 41.2 Å². The van der Waals surface area contributed by atoms with Crippen molar-refractivity contribution in [2.24, 2.45) is 0 Å². The molecule has 1 aromatic heterocycles. The molecule has 82 valence electrons. The molecule has 0 spiro atoms. The van der Waals surface area contributed by atoms with Crippen LogP contribution in [0.2, 0.25) is 5.02 Å². The Kier molecular flexibility index (Phi) is 2.54. The fraction of sp³-hybridized carbons (Fsp3) is 0. The van der Waals surface area contributed by atoms with Crippen molar-refractivity contribution >= 4 is 23.3 Å². The van der Waals surface area contributed by atoms with Gasteiger partial charge in [0.1, 0.15) is 0 Å². The SMILES string of the molecule is Nc1cc(C(=O)O)ccc1-n1cc(Cl)cn1. The molecule has 5 nitrogen and oxygen atoms in total. The van der Waals surface area contributed by atoms with E-state index in [1.807, 2.05) is 0 Å². The van der Waals surface area contributed by atoms with Crippen molar-refractivity contribution in [1.29, 1.82) is 0 Å². The minimum absolute atomic E-state index is 0.138. The van der Waals surface area contributed by atoms with Crippen molar-refractivity contribution < 1.29 is 9.90 Å². The number of rotatable bonds is 2. The third-order valence-electron chi connectivity index (χ3n) is 2.07. The zero-order valence-corrected chi connectivity index (χ0v) is 8.85. The third kappa shape index (κ3) is 1.85. The average molecular weight is 238 g/mol. The molecule has 2 rings (SSSR count). The molecule has 0 saturated carbocycles. The summed E-state index contributed by atoms with van der Waals surface area (Å²) >= 11 is 5.73. The number of aromatic carboxylic acids is 1. The summed E-state index contributed by atoms with van der Waals surface area (Å²) < 4.78 is 1.49. The molecule has 6 heteroatoms. The number of carbonyl (C=O) groups is 1. The van der Waals surface area contributed by atoms with Gasteiger partial charge >= 0.3 is 5.97 Å². The quantitative estimate of drug-likeness (QED) is 0.781. The number of benzene rings is 1. The fourth-order valence-corrected chi connectivity index (χ4v) is 1.46. The molecule has 0 aliphatic heterocycles. The summed E-state index contributed by atoms with van der Waals surface area (Å²) in [6.07, 6.45) is 3.07. The van der Waals surface area contributed by atoms with Gasteiger partial charge in [0, 0.05) is 6.20 Å². The highest BCUT2D eigenvalue weighted by Gasteiger charge is 2.08. The first-order chi connectivity index (χ1) is 7.58. The van der Waals surface area contributed by atoms with E-state index >= 15 is 0 Å². The molecular weight excluding hydrogens is 230 g/mol. The number of nitrogens with two attached hydrogens (primary N) is 1. The van der Waals surface area contributed by atoms with Gasteiger partial charge in [-0.25, -0.2) is 9.48 Å². The van der Waals surface area contributed by atoms with E-state index in [1.54, 1.807) is 12.3 Å². The van der Waals surface area contributed by atoms with E-state index in [0.29, 0.717) is 16.4 Å². The van der Waals surface area contributed by atoms with Crippen LogP contribution in [0.1, 0.15) is 10.4 Å². The van der Waals surface area contributed by atoms with Crippen LogP contribution in [0, 0.1) is 0 Å². The van der Waals surface area contributed by atoms with Crippen LogP contribution in [0.3, 0.4) is 0 Å². The first-order valence-corrected chi connectivity index (χ1v) is 4.79. The van der Waals surface area contributed by atoms with Gasteiger partial charge in [0.15, 0.2) is 0 Å². The van der Waals surface area contributed by atoms with Crippen LogP contribution in [-0.2, 0) is 0 Å². The lowest BCUT2D eigenvalue weighted by atomic mass is 10.2. The van der Waals surface area contributed by atoms with Crippen molar-refractivity contribution in [2.45, 2.75) is 0 Å². The maximum absolute atomic E-state index is 10.7. The van der Waals surface area contributed by atoms with Crippen LogP contribution < -0.4 is 5.73 Å². The Morgan fingerprint density at radius 2 is 2.25 bits per heavy atom. The summed E-state index contributed by atoms with van der Waals surface area (Å²) in [5.74, 6) is -1.02. The molecule has 0 aliphatic rings. The topological polar surface area (TPSA) is 81.1 Å². The lowest BCUT2D eigenvalue weighted by molar-refractivity contribution is 0.0697. The smallest absolute Gasteiger partial charge is 0.335 e. The summed E-state index contributed by atoms with van der Waals surface area (Å²) in [4.78, 5) is 10.7. The molecule has 1 heterocycles. The Hall–Kier alpha value is -2.01. The second-order valence-electron chi connectivity index (χ2n) is 3.18. The summed E-state index contributed by atoms with van der Waals surface area (Å²) in [7, 11) is 0. The number of hydrogen-bond donors (Lipinski definition) is 2. The molecule has 0 saturated heterocycles. The number of carboxylic acid groups (broad SMARTS) is 1. The number of halogens is 1. The standard InChI is InChI=1S/C10H8ClN3O2/c11-7-4-13-14(5-7)9-2-1-6(10(15)16)3-8(9)12/h1-5H,12H2,(H,15,16). The summed E-state index contributed by atoms with van der Waals surface area (Å²) in [6, 6.07) is 4.43. The minimum Gasteiger partial charge on any atom is -0.478 e. The highest BCUT2D eigenvalue weighted by Crippen LogP contribution is 2.19. The van der Waals surface area contributed by atoms with Gasteiger partial charge in [-0.3, -0.25) is 0 Å². The molecule has 16 heavy (non-hydrogen) atoms. The Labute approximate surface area is 96.1 Å². The third-order valence-corrected chi connectivity index (χ3v) is 2.27. The van der Waals surface area contributed by atoms with Gasteiger partial charge in [0.2, 0.25) is 0 Å². The van der Waals surface area contributed by atoms with Gasteiger partial charge in [-0.1, -0.05) is 11.6 Å². The van der Waals surface area contributed by atoms with Gasteiger partial charge in [-0.2, -0.15) is 5.10 Å². The number of hydrogen-bond acceptors (Lipinski definition) is 3. The lowest BCUT2D eigenvalue weighted by Gasteiger charge is -2.06. The maximum Gasteiger partial charge on any atom is 0.335 e. The van der Waals surface area contributed by atoms with Crippen LogP contribution in [0.15, 0.2) is 30.6 Å². The molecule has 3 N–H and O–H groups in total. The van der Waals surface area contributed by atoms with Gasteiger partial charge in [-0.15, -0.1) is 0 Å². The van der Waals surface area contributed by atoms with E-state index in [2.05, 4.69) is 5.10 Å². The molecule has 1 aromatic carbocycles. The number of anilines is 1. The van der Waals surface area contributed by atoms with Crippen molar-refractivity contribution in [2.75, 3.05) is 5.73 Å². The van der Waals surface area contributed by atoms with Gasteiger partial charge in [-0.05, 0) is 18.2 Å². The zero-order chi connectivity index (χ0) is 11.7. The average Bonchev–Trinajstić information content (AvgIpc) is 2.64. The normalized spacial score (nSPS) is 10.3. The monoisotopic (exact) mass is 237 g/mol. The Balaban J connectivity index is 2.47. The van der Waals surface area contributed by atoms with E-state index in [-0.39, 0.29) is 5.56 Å². The van der Waals surface area contributed by atoms with E-state index in [4.69, 9.17) is 22.4 Å². The van der Waals surface area contributed by atoms with Gasteiger partial charge in [0.25, 0.3) is 0 Å². The minimum atomic E-state index is -1.02. The first-order valence-electron chi connectivity index (χ1n) is 4.41. The Bertz CT molecular complexity index is 551. The second-order valence-corrected chi connectivity index (χ2v) is 3.62. The summed E-state index contributed by atoms with van der Waals surface area (Å²) in [5, 5.41) is 13.2. The van der Waals surface area contributed by atoms with Crippen molar-refractivity contribution in [1.82, 2.24) is 9.78 Å². The number of carboxylic acids is 1. The van der Waals surface area contributed by atoms with Crippen LogP contribution in [-0.4, -0.2) is 20.9 Å². The summed E-state index contributed by atoms with van der Waals surface area (Å²) in [6.45, 7) is 0. The highest BCUT2D eigenvalue weighted by atomic mass is 35.5. The predicted molar refractivity (Wildman–Crippen MR) is 59.9 cm³/mol. The molecule has 0 radical (unpaired) electrons. The van der Waals surface area contributed by atoms with Gasteiger partial charge in [0.05, 0.1) is 28.2 Å². The lowest BCUT2D eigenvalue weighted by Crippen LogP contribution is -2.03.